The number of hydrogen-bond donors (Lipinski definition) is 2. The van der Waals surface area contributed by atoms with E-state index in [2.05, 4.69) is 25.1 Å². The number of thioether (sulfide) groups is 1. The third-order valence-corrected chi connectivity index (χ3v) is 3.95. The summed E-state index contributed by atoms with van der Waals surface area (Å²) >= 11 is 1.61. The number of carbonyl (C=O) groups is 1. The van der Waals surface area contributed by atoms with Crippen molar-refractivity contribution in [2.24, 2.45) is 5.73 Å². The molecule has 0 unspecified atom stereocenters. The molecule has 0 saturated carbocycles. The number of benzene rings is 2. The fourth-order valence-corrected chi connectivity index (χ4v) is 2.79. The Morgan fingerprint density at radius 1 is 1.21 bits per heavy atom. The predicted molar refractivity (Wildman–Crippen MR) is 80.1 cm³/mol. The quantitative estimate of drug-likeness (QED) is 0.664. The minimum absolute atomic E-state index is 0.384. The molecular weight excluding hydrogens is 256 g/mol. The highest BCUT2D eigenvalue weighted by atomic mass is 32.2. The number of primary amides is 1. The highest BCUT2D eigenvalue weighted by molar-refractivity contribution is 7.98. The van der Waals surface area contributed by atoms with Gasteiger partial charge in [-0.25, -0.2) is 0 Å². The van der Waals surface area contributed by atoms with Gasteiger partial charge in [0, 0.05) is 10.6 Å². The third-order valence-electron chi connectivity index (χ3n) is 2.81. The zero-order valence-electron chi connectivity index (χ0n) is 10.7. The molecule has 0 saturated heterocycles. The SMILES string of the molecule is Cc1cccc(CSc2cccc(C(N)=O)c2N)c1. The van der Waals surface area contributed by atoms with Gasteiger partial charge in [0.15, 0.2) is 0 Å². The number of nitrogens with two attached hydrogens (primary N) is 2. The molecule has 19 heavy (non-hydrogen) atoms. The minimum atomic E-state index is -0.490. The fraction of sp³-hybridized carbons (Fsp3) is 0.133. The smallest absolute Gasteiger partial charge is 0.250 e. The van der Waals surface area contributed by atoms with Crippen molar-refractivity contribution in [3.63, 3.8) is 0 Å². The highest BCUT2D eigenvalue weighted by Crippen LogP contribution is 2.30. The number of amides is 1. The molecule has 3 nitrogen and oxygen atoms in total. The second-order valence-corrected chi connectivity index (χ2v) is 5.38. The molecule has 0 spiro atoms. The number of anilines is 1. The van der Waals surface area contributed by atoms with Crippen molar-refractivity contribution in [1.29, 1.82) is 0 Å². The van der Waals surface area contributed by atoms with E-state index in [1.165, 1.54) is 11.1 Å². The van der Waals surface area contributed by atoms with Crippen LogP contribution in [0.5, 0.6) is 0 Å². The summed E-state index contributed by atoms with van der Waals surface area (Å²) < 4.78 is 0. The van der Waals surface area contributed by atoms with Gasteiger partial charge in [0.1, 0.15) is 0 Å². The zero-order valence-corrected chi connectivity index (χ0v) is 11.5. The van der Waals surface area contributed by atoms with Crippen LogP contribution in [-0.4, -0.2) is 5.91 Å². The maximum atomic E-state index is 11.2. The molecule has 2 aromatic rings. The van der Waals surface area contributed by atoms with Crippen LogP contribution in [0.2, 0.25) is 0 Å². The number of nitrogen functional groups attached to an aromatic ring is 1. The molecule has 0 aromatic heterocycles. The molecule has 4 N–H and O–H groups in total. The van der Waals surface area contributed by atoms with Crippen molar-refractivity contribution in [2.45, 2.75) is 17.6 Å². The molecule has 0 fully saturated rings. The summed E-state index contributed by atoms with van der Waals surface area (Å²) in [6.45, 7) is 2.07. The summed E-state index contributed by atoms with van der Waals surface area (Å²) in [7, 11) is 0. The van der Waals surface area contributed by atoms with Crippen molar-refractivity contribution in [1.82, 2.24) is 0 Å². The third kappa shape index (κ3) is 3.29. The van der Waals surface area contributed by atoms with Crippen LogP contribution in [-0.2, 0) is 5.75 Å². The van der Waals surface area contributed by atoms with Gasteiger partial charge in [-0.2, -0.15) is 0 Å². The van der Waals surface area contributed by atoms with Crippen molar-refractivity contribution < 1.29 is 4.79 Å². The van der Waals surface area contributed by atoms with Crippen LogP contribution in [0.25, 0.3) is 0 Å². The van der Waals surface area contributed by atoms with Gasteiger partial charge in [-0.05, 0) is 24.6 Å². The maximum Gasteiger partial charge on any atom is 0.250 e. The number of aryl methyl sites for hydroxylation is 1. The van der Waals surface area contributed by atoms with Gasteiger partial charge < -0.3 is 11.5 Å². The molecule has 2 rings (SSSR count). The lowest BCUT2D eigenvalue weighted by Gasteiger charge is -2.08. The van der Waals surface area contributed by atoms with Crippen LogP contribution < -0.4 is 11.5 Å². The summed E-state index contributed by atoms with van der Waals surface area (Å²) in [5.41, 5.74) is 14.6. The first kappa shape index (κ1) is 13.5. The van der Waals surface area contributed by atoms with Gasteiger partial charge in [0.2, 0.25) is 0 Å². The van der Waals surface area contributed by atoms with Gasteiger partial charge in [0.25, 0.3) is 5.91 Å². The molecule has 2 aromatic carbocycles. The van der Waals surface area contributed by atoms with Crippen molar-refractivity contribution in [2.75, 3.05) is 5.73 Å². The van der Waals surface area contributed by atoms with Crippen LogP contribution >= 0.6 is 11.8 Å². The van der Waals surface area contributed by atoms with Gasteiger partial charge in [-0.15, -0.1) is 11.8 Å². The van der Waals surface area contributed by atoms with Gasteiger partial charge >= 0.3 is 0 Å². The summed E-state index contributed by atoms with van der Waals surface area (Å²) in [4.78, 5) is 12.1. The number of para-hydroxylation sites is 1. The van der Waals surface area contributed by atoms with Gasteiger partial charge in [-0.1, -0.05) is 35.9 Å². The number of hydrogen-bond acceptors (Lipinski definition) is 3. The molecule has 4 heteroatoms. The summed E-state index contributed by atoms with van der Waals surface area (Å²) in [5, 5.41) is 0. The molecular formula is C15H16N2OS. The van der Waals surface area contributed by atoms with Crippen molar-refractivity contribution in [3.05, 3.63) is 59.2 Å². The van der Waals surface area contributed by atoms with E-state index in [0.29, 0.717) is 11.3 Å². The molecule has 0 atom stereocenters. The lowest BCUT2D eigenvalue weighted by Crippen LogP contribution is -2.13. The molecule has 0 aliphatic heterocycles. The summed E-state index contributed by atoms with van der Waals surface area (Å²) in [6.07, 6.45) is 0. The molecule has 0 aliphatic rings. The van der Waals surface area contributed by atoms with E-state index in [-0.39, 0.29) is 0 Å². The Hall–Kier alpha value is -1.94. The second-order valence-electron chi connectivity index (χ2n) is 4.36. The predicted octanol–water partition coefficient (Wildman–Crippen LogP) is 2.97. The van der Waals surface area contributed by atoms with Crippen LogP contribution in [0.1, 0.15) is 21.5 Å². The van der Waals surface area contributed by atoms with Crippen molar-refractivity contribution in [3.8, 4) is 0 Å². The Morgan fingerprint density at radius 2 is 1.95 bits per heavy atom. The minimum Gasteiger partial charge on any atom is -0.397 e. The molecule has 98 valence electrons. The van der Waals surface area contributed by atoms with E-state index >= 15 is 0 Å². The number of carbonyl (C=O) groups excluding carboxylic acids is 1. The topological polar surface area (TPSA) is 69.1 Å². The molecule has 0 aliphatic carbocycles. The average molecular weight is 272 g/mol. The summed E-state index contributed by atoms with van der Waals surface area (Å²) in [6, 6.07) is 13.7. The fourth-order valence-electron chi connectivity index (χ4n) is 1.85. The number of rotatable bonds is 4. The monoisotopic (exact) mass is 272 g/mol. The normalized spacial score (nSPS) is 10.4. The van der Waals surface area contributed by atoms with Gasteiger partial charge in [-0.3, -0.25) is 4.79 Å². The standard InChI is InChI=1S/C15H16N2OS/c1-10-4-2-5-11(8-10)9-19-13-7-3-6-12(14(13)16)15(17)18/h2-8H,9,16H2,1H3,(H2,17,18). The Morgan fingerprint density at radius 3 is 2.63 bits per heavy atom. The summed E-state index contributed by atoms with van der Waals surface area (Å²) in [5.74, 6) is 0.323. The van der Waals surface area contributed by atoms with Crippen LogP contribution in [0.15, 0.2) is 47.4 Å². The molecule has 0 radical (unpaired) electrons. The second kappa shape index (κ2) is 5.80. The van der Waals surface area contributed by atoms with Crippen molar-refractivity contribution >= 4 is 23.4 Å². The molecule has 1 amide bonds. The Labute approximate surface area is 117 Å². The van der Waals surface area contributed by atoms with E-state index in [4.69, 9.17) is 11.5 Å². The Bertz CT molecular complexity index is 611. The van der Waals surface area contributed by atoms with Crippen LogP contribution in [0.3, 0.4) is 0 Å². The Kier molecular flexibility index (Phi) is 4.12. The highest BCUT2D eigenvalue weighted by Gasteiger charge is 2.09. The van der Waals surface area contributed by atoms with E-state index in [9.17, 15) is 4.79 Å². The van der Waals surface area contributed by atoms with E-state index in [1.54, 1.807) is 23.9 Å². The maximum absolute atomic E-state index is 11.2. The first-order chi connectivity index (χ1) is 9.08. The zero-order chi connectivity index (χ0) is 13.8. The van der Waals surface area contributed by atoms with E-state index in [0.717, 1.165) is 10.6 Å². The Balaban J connectivity index is 2.16. The average Bonchev–Trinajstić information content (AvgIpc) is 2.37. The van der Waals surface area contributed by atoms with Crippen LogP contribution in [0, 0.1) is 6.92 Å². The lowest BCUT2D eigenvalue weighted by atomic mass is 10.2. The molecule has 0 bridgehead atoms. The van der Waals surface area contributed by atoms with Gasteiger partial charge in [0.05, 0.1) is 11.3 Å². The first-order valence-electron chi connectivity index (χ1n) is 5.94. The lowest BCUT2D eigenvalue weighted by molar-refractivity contribution is 0.100. The largest absolute Gasteiger partial charge is 0.397 e. The first-order valence-corrected chi connectivity index (χ1v) is 6.93. The van der Waals surface area contributed by atoms with Crippen LogP contribution in [0.4, 0.5) is 5.69 Å². The molecule has 0 heterocycles. The van der Waals surface area contributed by atoms with E-state index in [1.807, 2.05) is 12.1 Å². The van der Waals surface area contributed by atoms with E-state index < -0.39 is 5.91 Å².